The fraction of sp³-hybridized carbons (Fsp3) is 0.111. The molecular weight excluding hydrogens is 344 g/mol. The Bertz CT molecular complexity index is 831. The zero-order valence-corrected chi connectivity index (χ0v) is 14.8. The van der Waals surface area contributed by atoms with Gasteiger partial charge >= 0.3 is 0 Å². The number of hydrogen-bond donors (Lipinski definition) is 0. The van der Waals surface area contributed by atoms with Crippen molar-refractivity contribution in [1.82, 2.24) is 4.90 Å². The number of carbonyl (C=O) groups is 1. The SMILES string of the molecule is COc1ccc(/C=C2/SC(=Nc3ccccc3Cl)N(C)C2=O)cc1. The maximum absolute atomic E-state index is 12.4. The number of aliphatic imine (C=N–C) groups is 1. The van der Waals surface area contributed by atoms with Crippen molar-refractivity contribution in [2.75, 3.05) is 14.2 Å². The first kappa shape index (κ1) is 16.6. The zero-order chi connectivity index (χ0) is 17.1. The molecule has 0 unspecified atom stereocenters. The Morgan fingerprint density at radius 1 is 1.17 bits per heavy atom. The quantitative estimate of drug-likeness (QED) is 0.754. The average Bonchev–Trinajstić information content (AvgIpc) is 2.86. The van der Waals surface area contributed by atoms with Crippen molar-refractivity contribution in [2.24, 2.45) is 4.99 Å². The predicted molar refractivity (Wildman–Crippen MR) is 99.9 cm³/mol. The number of likely N-dealkylation sites (N-methyl/N-ethyl adjacent to an activating group) is 1. The van der Waals surface area contributed by atoms with Crippen molar-refractivity contribution >= 4 is 46.2 Å². The van der Waals surface area contributed by atoms with Crippen LogP contribution >= 0.6 is 23.4 Å². The van der Waals surface area contributed by atoms with E-state index in [0.29, 0.717) is 20.8 Å². The highest BCUT2D eigenvalue weighted by molar-refractivity contribution is 8.18. The van der Waals surface area contributed by atoms with E-state index in [1.54, 1.807) is 20.2 Å². The zero-order valence-electron chi connectivity index (χ0n) is 13.2. The molecule has 0 bridgehead atoms. The topological polar surface area (TPSA) is 41.9 Å². The van der Waals surface area contributed by atoms with E-state index in [1.165, 1.54) is 16.7 Å². The number of rotatable bonds is 3. The molecule has 1 amide bonds. The molecule has 1 fully saturated rings. The van der Waals surface area contributed by atoms with E-state index >= 15 is 0 Å². The number of hydrogen-bond acceptors (Lipinski definition) is 4. The molecule has 4 nitrogen and oxygen atoms in total. The van der Waals surface area contributed by atoms with Crippen LogP contribution in [0.15, 0.2) is 58.4 Å². The van der Waals surface area contributed by atoms with Crippen molar-refractivity contribution in [3.63, 3.8) is 0 Å². The number of carbonyl (C=O) groups excluding carboxylic acids is 1. The molecule has 1 saturated heterocycles. The molecule has 24 heavy (non-hydrogen) atoms. The van der Waals surface area contributed by atoms with Gasteiger partial charge in [-0.3, -0.25) is 9.69 Å². The maximum Gasteiger partial charge on any atom is 0.266 e. The first-order valence-electron chi connectivity index (χ1n) is 7.23. The molecule has 1 aliphatic heterocycles. The summed E-state index contributed by atoms with van der Waals surface area (Å²) >= 11 is 7.47. The third kappa shape index (κ3) is 3.47. The van der Waals surface area contributed by atoms with Crippen molar-refractivity contribution in [3.8, 4) is 5.75 Å². The van der Waals surface area contributed by atoms with Gasteiger partial charge in [-0.2, -0.15) is 0 Å². The van der Waals surface area contributed by atoms with E-state index < -0.39 is 0 Å². The van der Waals surface area contributed by atoms with Crippen LogP contribution in [0.1, 0.15) is 5.56 Å². The number of halogens is 1. The molecule has 1 heterocycles. The molecular formula is C18H15ClN2O2S. The van der Waals surface area contributed by atoms with Crippen LogP contribution in [0.5, 0.6) is 5.75 Å². The molecule has 0 spiro atoms. The first-order chi connectivity index (χ1) is 11.6. The number of methoxy groups -OCH3 is 1. The Hall–Kier alpha value is -2.24. The summed E-state index contributed by atoms with van der Waals surface area (Å²) in [7, 11) is 3.33. The van der Waals surface area contributed by atoms with Crippen LogP contribution in [0.25, 0.3) is 6.08 Å². The lowest BCUT2D eigenvalue weighted by molar-refractivity contribution is -0.121. The molecule has 0 aromatic heterocycles. The molecule has 0 radical (unpaired) electrons. The standard InChI is InChI=1S/C18H15ClN2O2S/c1-21-17(22)16(11-12-7-9-13(23-2)10-8-12)24-18(21)20-15-6-4-3-5-14(15)19/h3-11H,1-2H3/b16-11+,20-18?. The van der Waals surface area contributed by atoms with Crippen LogP contribution in [-0.4, -0.2) is 30.1 Å². The third-order valence-corrected chi connectivity index (χ3v) is 4.87. The fourth-order valence-electron chi connectivity index (χ4n) is 2.15. The van der Waals surface area contributed by atoms with Gasteiger partial charge in [-0.1, -0.05) is 35.9 Å². The molecule has 0 aliphatic carbocycles. The number of thioether (sulfide) groups is 1. The predicted octanol–water partition coefficient (Wildman–Crippen LogP) is 4.58. The lowest BCUT2D eigenvalue weighted by Gasteiger charge is -2.07. The van der Waals surface area contributed by atoms with Gasteiger partial charge in [0.1, 0.15) is 5.75 Å². The Balaban J connectivity index is 1.88. The number of benzene rings is 2. The van der Waals surface area contributed by atoms with Crippen molar-refractivity contribution in [1.29, 1.82) is 0 Å². The number of para-hydroxylation sites is 1. The number of amides is 1. The Morgan fingerprint density at radius 2 is 1.88 bits per heavy atom. The second-order valence-corrected chi connectivity index (χ2v) is 6.51. The highest BCUT2D eigenvalue weighted by Crippen LogP contribution is 2.34. The summed E-state index contributed by atoms with van der Waals surface area (Å²) in [5.74, 6) is 0.697. The smallest absolute Gasteiger partial charge is 0.266 e. The van der Waals surface area contributed by atoms with Crippen LogP contribution < -0.4 is 4.74 Å². The molecule has 0 saturated carbocycles. The molecule has 6 heteroatoms. The normalized spacial score (nSPS) is 17.8. The summed E-state index contributed by atoms with van der Waals surface area (Å²) in [4.78, 5) is 19.1. The van der Waals surface area contributed by atoms with Gasteiger partial charge in [0.15, 0.2) is 5.17 Å². The Labute approximate surface area is 149 Å². The Morgan fingerprint density at radius 3 is 2.54 bits per heavy atom. The second-order valence-electron chi connectivity index (χ2n) is 5.09. The van der Waals surface area contributed by atoms with Gasteiger partial charge in [0.2, 0.25) is 0 Å². The molecule has 1 aliphatic rings. The summed E-state index contributed by atoms with van der Waals surface area (Å²) in [6.45, 7) is 0. The van der Waals surface area contributed by atoms with Crippen LogP contribution in [0.2, 0.25) is 5.02 Å². The maximum atomic E-state index is 12.4. The molecule has 122 valence electrons. The highest BCUT2D eigenvalue weighted by atomic mass is 35.5. The van der Waals surface area contributed by atoms with E-state index in [-0.39, 0.29) is 5.91 Å². The molecule has 2 aromatic carbocycles. The molecule has 3 rings (SSSR count). The monoisotopic (exact) mass is 358 g/mol. The summed E-state index contributed by atoms with van der Waals surface area (Å²) in [6, 6.07) is 14.8. The second kappa shape index (κ2) is 7.11. The number of amidine groups is 1. The van der Waals surface area contributed by atoms with Crippen LogP contribution in [0, 0.1) is 0 Å². The van der Waals surface area contributed by atoms with Gasteiger partial charge in [0.05, 0.1) is 22.7 Å². The molecule has 2 aromatic rings. The number of nitrogens with zero attached hydrogens (tertiary/aromatic N) is 2. The van der Waals surface area contributed by atoms with E-state index in [4.69, 9.17) is 16.3 Å². The summed E-state index contributed by atoms with van der Waals surface area (Å²) in [5, 5.41) is 1.16. The van der Waals surface area contributed by atoms with E-state index in [9.17, 15) is 4.79 Å². The first-order valence-corrected chi connectivity index (χ1v) is 8.43. The van der Waals surface area contributed by atoms with Gasteiger partial charge in [-0.25, -0.2) is 4.99 Å². The Kier molecular flexibility index (Phi) is 4.92. The third-order valence-electron chi connectivity index (χ3n) is 3.49. The molecule has 0 atom stereocenters. The van der Waals surface area contributed by atoms with Gasteiger partial charge < -0.3 is 4.74 Å². The van der Waals surface area contributed by atoms with Crippen molar-refractivity contribution in [3.05, 3.63) is 64.0 Å². The number of ether oxygens (including phenoxy) is 1. The summed E-state index contributed by atoms with van der Waals surface area (Å²) < 4.78 is 5.14. The molecule has 0 N–H and O–H groups in total. The largest absolute Gasteiger partial charge is 0.497 e. The van der Waals surface area contributed by atoms with E-state index in [2.05, 4.69) is 4.99 Å². The van der Waals surface area contributed by atoms with E-state index in [0.717, 1.165) is 11.3 Å². The van der Waals surface area contributed by atoms with Gasteiger partial charge in [-0.05, 0) is 47.7 Å². The van der Waals surface area contributed by atoms with Crippen molar-refractivity contribution in [2.45, 2.75) is 0 Å². The highest BCUT2D eigenvalue weighted by Gasteiger charge is 2.30. The van der Waals surface area contributed by atoms with Gasteiger partial charge in [-0.15, -0.1) is 0 Å². The minimum atomic E-state index is -0.0818. The van der Waals surface area contributed by atoms with Crippen LogP contribution in [-0.2, 0) is 4.79 Å². The average molecular weight is 359 g/mol. The van der Waals surface area contributed by atoms with Crippen LogP contribution in [0.3, 0.4) is 0 Å². The lowest BCUT2D eigenvalue weighted by Crippen LogP contribution is -2.23. The fourth-order valence-corrected chi connectivity index (χ4v) is 3.31. The minimum absolute atomic E-state index is 0.0818. The minimum Gasteiger partial charge on any atom is -0.497 e. The van der Waals surface area contributed by atoms with Crippen molar-refractivity contribution < 1.29 is 9.53 Å². The lowest BCUT2D eigenvalue weighted by atomic mass is 10.2. The van der Waals surface area contributed by atoms with E-state index in [1.807, 2.05) is 48.5 Å². The summed E-state index contributed by atoms with van der Waals surface area (Å²) in [6.07, 6.45) is 1.85. The van der Waals surface area contributed by atoms with Crippen LogP contribution in [0.4, 0.5) is 5.69 Å². The van der Waals surface area contributed by atoms with Gasteiger partial charge in [0, 0.05) is 7.05 Å². The van der Waals surface area contributed by atoms with Gasteiger partial charge in [0.25, 0.3) is 5.91 Å². The summed E-state index contributed by atoms with van der Waals surface area (Å²) in [5.41, 5.74) is 1.58.